The highest BCUT2D eigenvalue weighted by atomic mass is 15.2. The molecule has 10 aromatic carbocycles. The van der Waals surface area contributed by atoms with E-state index in [1.807, 2.05) is 0 Å². The van der Waals surface area contributed by atoms with Crippen molar-refractivity contribution in [3.05, 3.63) is 248 Å². The van der Waals surface area contributed by atoms with Crippen LogP contribution in [0.5, 0.6) is 0 Å². The molecule has 64 heavy (non-hydrogen) atoms. The fraction of sp³-hybridized carbons (Fsp3) is 0.0169. The Hall–Kier alpha value is -8.28. The summed E-state index contributed by atoms with van der Waals surface area (Å²) in [4.78, 5) is 9.82. The number of hydrogen-bond donors (Lipinski definition) is 0. The van der Waals surface area contributed by atoms with Gasteiger partial charge in [0.05, 0.1) is 5.69 Å². The van der Waals surface area contributed by atoms with Gasteiger partial charge in [-0.3, -0.25) is 0 Å². The summed E-state index contributed by atoms with van der Waals surface area (Å²) in [6, 6.07) is 88.3. The molecule has 0 spiro atoms. The van der Waals surface area contributed by atoms with Gasteiger partial charge in [0.1, 0.15) is 0 Å². The largest absolute Gasteiger partial charge is 0.311 e. The average Bonchev–Trinajstić information content (AvgIpc) is 3.36. The molecule has 0 atom stereocenters. The zero-order chi connectivity index (χ0) is 42.6. The van der Waals surface area contributed by atoms with Crippen molar-refractivity contribution in [3.63, 3.8) is 0 Å². The molecular weight excluding hydrogens is 775 g/mol. The van der Waals surface area contributed by atoms with Crippen LogP contribution in [-0.4, -0.2) is 6.71 Å². The number of aryl methyl sites for hydroxylation is 1. The molecule has 2 heterocycles. The Morgan fingerprint density at radius 1 is 0.328 bits per heavy atom. The molecule has 0 amide bonds. The van der Waals surface area contributed by atoms with E-state index < -0.39 is 0 Å². The van der Waals surface area contributed by atoms with Crippen molar-refractivity contribution in [1.82, 2.24) is 0 Å². The number of fused-ring (bicyclic) bond motifs is 6. The normalized spacial score (nSPS) is 12.4. The Balaban J connectivity index is 1.19. The number of hydrogen-bond acceptors (Lipinski definition) is 4. The molecule has 10 aromatic rings. The zero-order valence-corrected chi connectivity index (χ0v) is 35.5. The smallest absolute Gasteiger partial charge is 0.252 e. The van der Waals surface area contributed by atoms with E-state index >= 15 is 0 Å². The van der Waals surface area contributed by atoms with Gasteiger partial charge in [0.2, 0.25) is 0 Å². The lowest BCUT2D eigenvalue weighted by molar-refractivity contribution is 1.23. The lowest BCUT2D eigenvalue weighted by Gasteiger charge is -2.45. The minimum Gasteiger partial charge on any atom is -0.311 e. The molecule has 0 saturated heterocycles. The highest BCUT2D eigenvalue weighted by molar-refractivity contribution is 7.01. The molecule has 0 N–H and O–H groups in total. The predicted molar refractivity (Wildman–Crippen MR) is 272 cm³/mol. The van der Waals surface area contributed by atoms with E-state index in [9.17, 15) is 0 Å². The Labute approximate surface area is 375 Å². The van der Waals surface area contributed by atoms with Crippen molar-refractivity contribution < 1.29 is 0 Å². The van der Waals surface area contributed by atoms with E-state index in [1.54, 1.807) is 0 Å². The SMILES string of the molecule is Cc1cc2c3c(c1)N(c1ccccc1)c1cc(N(c4ccccc4)c4ccccc4)c4ccccc4c1B3c1ccc(N(c3ccccc3)c3ccccc3)cc1N2c1ccccc1. The summed E-state index contributed by atoms with van der Waals surface area (Å²) in [5.74, 6) is 0. The summed E-state index contributed by atoms with van der Waals surface area (Å²) in [5.41, 5.74) is 18.7. The van der Waals surface area contributed by atoms with Gasteiger partial charge in [-0.05, 0) is 137 Å². The van der Waals surface area contributed by atoms with E-state index in [0.717, 1.165) is 51.2 Å². The van der Waals surface area contributed by atoms with Gasteiger partial charge in [0.15, 0.2) is 0 Å². The summed E-state index contributed by atoms with van der Waals surface area (Å²) in [6.07, 6.45) is 0. The van der Waals surface area contributed by atoms with Gasteiger partial charge in [-0.25, -0.2) is 0 Å². The molecule has 0 radical (unpaired) electrons. The van der Waals surface area contributed by atoms with Gasteiger partial charge in [0.25, 0.3) is 6.71 Å². The summed E-state index contributed by atoms with van der Waals surface area (Å²) in [5, 5.41) is 2.43. The third kappa shape index (κ3) is 6.16. The second kappa shape index (κ2) is 15.6. The average molecular weight is 819 g/mol. The highest BCUT2D eigenvalue weighted by Gasteiger charge is 2.45. The van der Waals surface area contributed by atoms with Crippen LogP contribution in [0.3, 0.4) is 0 Å². The van der Waals surface area contributed by atoms with Crippen LogP contribution in [0, 0.1) is 6.92 Å². The molecule has 2 aliphatic rings. The molecule has 0 aliphatic carbocycles. The van der Waals surface area contributed by atoms with Crippen LogP contribution in [-0.2, 0) is 0 Å². The number of benzene rings is 10. The van der Waals surface area contributed by atoms with Gasteiger partial charge in [-0.2, -0.15) is 0 Å². The predicted octanol–water partition coefficient (Wildman–Crippen LogP) is 14.2. The summed E-state index contributed by atoms with van der Waals surface area (Å²) >= 11 is 0. The van der Waals surface area contributed by atoms with Crippen LogP contribution in [0.1, 0.15) is 5.56 Å². The molecular formula is C59H43BN4. The van der Waals surface area contributed by atoms with E-state index in [4.69, 9.17) is 0 Å². The molecule has 0 unspecified atom stereocenters. The molecule has 12 rings (SSSR count). The number of para-hydroxylation sites is 6. The molecule has 0 fully saturated rings. The minimum absolute atomic E-state index is 0.0766. The Kier molecular flexibility index (Phi) is 9.12. The topological polar surface area (TPSA) is 13.0 Å². The second-order valence-electron chi connectivity index (χ2n) is 16.6. The third-order valence-electron chi connectivity index (χ3n) is 12.8. The third-order valence-corrected chi connectivity index (χ3v) is 12.8. The maximum atomic E-state index is 2.52. The van der Waals surface area contributed by atoms with Crippen molar-refractivity contribution in [2.24, 2.45) is 0 Å². The standard InChI is InChI=1S/C59H43BN4/c1-42-38-55-59-56(39-42)64(48-32-18-7-19-33-48)57-41-53(62(45-26-12-4-13-27-45)46-28-14-5-15-29-46)50-34-20-21-35-51(50)58(57)60(59)52-37-36-49(40-54(52)63(55)47-30-16-6-17-31-47)61(43-22-8-2-9-23-43)44-24-10-3-11-25-44/h2-41H,1H3. The monoisotopic (exact) mass is 818 g/mol. The fourth-order valence-corrected chi connectivity index (χ4v) is 10.2. The van der Waals surface area contributed by atoms with Gasteiger partial charge in [0, 0.05) is 67.9 Å². The molecule has 0 bridgehead atoms. The van der Waals surface area contributed by atoms with Crippen LogP contribution in [0.25, 0.3) is 10.8 Å². The Morgan fingerprint density at radius 3 is 1.23 bits per heavy atom. The first kappa shape index (κ1) is 37.5. The first-order valence-corrected chi connectivity index (χ1v) is 22.1. The molecule has 0 saturated carbocycles. The molecule has 0 aromatic heterocycles. The summed E-state index contributed by atoms with van der Waals surface area (Å²) in [6.45, 7) is 2.16. The van der Waals surface area contributed by atoms with Crippen LogP contribution in [0.15, 0.2) is 243 Å². The van der Waals surface area contributed by atoms with Gasteiger partial charge < -0.3 is 19.6 Å². The van der Waals surface area contributed by atoms with Crippen molar-refractivity contribution in [2.75, 3.05) is 19.6 Å². The maximum Gasteiger partial charge on any atom is 0.252 e. The molecule has 5 heteroatoms. The molecule has 4 nitrogen and oxygen atoms in total. The van der Waals surface area contributed by atoms with E-state index in [2.05, 4.69) is 269 Å². The lowest BCUT2D eigenvalue weighted by atomic mass is 9.33. The summed E-state index contributed by atoms with van der Waals surface area (Å²) < 4.78 is 0. The number of anilines is 12. The number of nitrogens with zero attached hydrogens (tertiary/aromatic N) is 4. The van der Waals surface area contributed by atoms with Crippen LogP contribution in [0.2, 0.25) is 0 Å². The van der Waals surface area contributed by atoms with Crippen LogP contribution < -0.4 is 36.0 Å². The number of rotatable bonds is 8. The fourth-order valence-electron chi connectivity index (χ4n) is 10.2. The van der Waals surface area contributed by atoms with Gasteiger partial charge in [-0.15, -0.1) is 0 Å². The zero-order valence-electron chi connectivity index (χ0n) is 35.5. The van der Waals surface area contributed by atoms with Gasteiger partial charge in [-0.1, -0.05) is 140 Å². The maximum absolute atomic E-state index is 2.52. The lowest BCUT2D eigenvalue weighted by Crippen LogP contribution is -2.61. The van der Waals surface area contributed by atoms with Crippen molar-refractivity contribution in [3.8, 4) is 0 Å². The quantitative estimate of drug-likeness (QED) is 0.142. The first-order chi connectivity index (χ1) is 31.7. The Morgan fingerprint density at radius 2 is 0.734 bits per heavy atom. The van der Waals surface area contributed by atoms with Crippen LogP contribution >= 0.6 is 0 Å². The second-order valence-corrected chi connectivity index (χ2v) is 16.6. The van der Waals surface area contributed by atoms with Gasteiger partial charge >= 0.3 is 0 Å². The van der Waals surface area contributed by atoms with E-state index in [1.165, 1.54) is 49.8 Å². The Bertz CT molecular complexity index is 3200. The van der Waals surface area contributed by atoms with Crippen LogP contribution in [0.4, 0.5) is 68.2 Å². The van der Waals surface area contributed by atoms with Crippen molar-refractivity contribution in [1.29, 1.82) is 0 Å². The van der Waals surface area contributed by atoms with E-state index in [0.29, 0.717) is 0 Å². The first-order valence-electron chi connectivity index (χ1n) is 22.1. The minimum atomic E-state index is -0.0766. The highest BCUT2D eigenvalue weighted by Crippen LogP contribution is 2.49. The van der Waals surface area contributed by atoms with Crippen molar-refractivity contribution >= 4 is 102 Å². The van der Waals surface area contributed by atoms with Crippen molar-refractivity contribution in [2.45, 2.75) is 6.92 Å². The molecule has 2 aliphatic heterocycles. The van der Waals surface area contributed by atoms with E-state index in [-0.39, 0.29) is 6.71 Å². The molecule has 302 valence electrons. The summed E-state index contributed by atoms with van der Waals surface area (Å²) in [7, 11) is 0.